The van der Waals surface area contributed by atoms with Crippen molar-refractivity contribution in [1.82, 2.24) is 24.8 Å². The predicted molar refractivity (Wildman–Crippen MR) is 66.9 cm³/mol. The molecule has 0 aromatic carbocycles. The molecule has 0 aliphatic heterocycles. The third kappa shape index (κ3) is 3.90. The van der Waals surface area contributed by atoms with Gasteiger partial charge in [0.25, 0.3) is 0 Å². The lowest BCUT2D eigenvalue weighted by Gasteiger charge is -2.01. The Morgan fingerprint density at radius 3 is 3.06 bits per heavy atom. The minimum atomic E-state index is 0.710. The number of rotatable bonds is 7. The number of ether oxygens (including phenoxy) is 1. The smallest absolute Gasteiger partial charge is 0.115 e. The van der Waals surface area contributed by atoms with Crippen LogP contribution in [0, 0.1) is 0 Å². The van der Waals surface area contributed by atoms with Crippen molar-refractivity contribution in [3.05, 3.63) is 42.5 Å². The SMILES string of the molecule is COCCNCc1cn(Cc2ccncn2)cn1. The van der Waals surface area contributed by atoms with Crippen LogP contribution in [-0.2, 0) is 17.8 Å². The first-order valence-electron chi connectivity index (χ1n) is 5.83. The Kier molecular flexibility index (Phi) is 4.80. The van der Waals surface area contributed by atoms with Crippen molar-refractivity contribution in [3.8, 4) is 0 Å². The molecular formula is C12H17N5O. The second-order valence-electron chi connectivity index (χ2n) is 3.91. The molecule has 0 amide bonds. The van der Waals surface area contributed by atoms with E-state index >= 15 is 0 Å². The monoisotopic (exact) mass is 247 g/mol. The lowest BCUT2D eigenvalue weighted by Crippen LogP contribution is -2.18. The van der Waals surface area contributed by atoms with E-state index in [9.17, 15) is 0 Å². The van der Waals surface area contributed by atoms with Gasteiger partial charge in [-0.1, -0.05) is 0 Å². The summed E-state index contributed by atoms with van der Waals surface area (Å²) in [6.45, 7) is 3.00. The van der Waals surface area contributed by atoms with Crippen molar-refractivity contribution >= 4 is 0 Å². The second-order valence-corrected chi connectivity index (χ2v) is 3.91. The molecule has 0 saturated heterocycles. The number of aromatic nitrogens is 4. The van der Waals surface area contributed by atoms with E-state index in [0.29, 0.717) is 13.2 Å². The highest BCUT2D eigenvalue weighted by Gasteiger charge is 2.00. The molecule has 2 aromatic rings. The van der Waals surface area contributed by atoms with Crippen LogP contribution in [0.4, 0.5) is 0 Å². The van der Waals surface area contributed by atoms with Gasteiger partial charge in [-0.3, -0.25) is 0 Å². The summed E-state index contributed by atoms with van der Waals surface area (Å²) in [7, 11) is 1.69. The lowest BCUT2D eigenvalue weighted by atomic mass is 10.4. The summed E-state index contributed by atoms with van der Waals surface area (Å²) < 4.78 is 6.97. The molecular weight excluding hydrogens is 230 g/mol. The van der Waals surface area contributed by atoms with Crippen molar-refractivity contribution in [2.45, 2.75) is 13.1 Å². The number of hydrogen-bond acceptors (Lipinski definition) is 5. The normalized spacial score (nSPS) is 10.7. The molecule has 0 aliphatic rings. The number of nitrogens with zero attached hydrogens (tertiary/aromatic N) is 4. The number of imidazole rings is 1. The van der Waals surface area contributed by atoms with Crippen LogP contribution in [0.5, 0.6) is 0 Å². The third-order valence-corrected chi connectivity index (χ3v) is 2.46. The zero-order valence-corrected chi connectivity index (χ0v) is 10.4. The van der Waals surface area contributed by atoms with Crippen LogP contribution < -0.4 is 5.32 Å². The summed E-state index contributed by atoms with van der Waals surface area (Å²) >= 11 is 0. The Labute approximate surface area is 106 Å². The lowest BCUT2D eigenvalue weighted by molar-refractivity contribution is 0.199. The Morgan fingerprint density at radius 1 is 1.33 bits per heavy atom. The highest BCUT2D eigenvalue weighted by molar-refractivity contribution is 5.02. The highest BCUT2D eigenvalue weighted by atomic mass is 16.5. The standard InChI is InChI=1S/C12H17N5O/c1-18-5-4-13-6-12-8-17(10-16-12)7-11-2-3-14-9-15-11/h2-3,8-10,13H,4-7H2,1H3. The van der Waals surface area contributed by atoms with Gasteiger partial charge in [-0.2, -0.15) is 0 Å². The molecule has 0 saturated carbocycles. The minimum absolute atomic E-state index is 0.710. The van der Waals surface area contributed by atoms with E-state index in [4.69, 9.17) is 4.74 Å². The largest absolute Gasteiger partial charge is 0.383 e. The van der Waals surface area contributed by atoms with Gasteiger partial charge in [0.05, 0.1) is 30.9 Å². The molecule has 0 unspecified atom stereocenters. The van der Waals surface area contributed by atoms with Gasteiger partial charge < -0.3 is 14.6 Å². The fraction of sp³-hybridized carbons (Fsp3) is 0.417. The van der Waals surface area contributed by atoms with E-state index in [1.807, 2.05) is 23.2 Å². The average molecular weight is 247 g/mol. The molecule has 0 spiro atoms. The Balaban J connectivity index is 1.83. The maximum atomic E-state index is 4.96. The van der Waals surface area contributed by atoms with Crippen molar-refractivity contribution in [2.24, 2.45) is 0 Å². The van der Waals surface area contributed by atoms with Crippen molar-refractivity contribution in [1.29, 1.82) is 0 Å². The molecule has 1 N–H and O–H groups in total. The number of hydrogen-bond donors (Lipinski definition) is 1. The molecule has 0 atom stereocenters. The van der Waals surface area contributed by atoms with Crippen molar-refractivity contribution in [3.63, 3.8) is 0 Å². The van der Waals surface area contributed by atoms with E-state index in [1.165, 1.54) is 0 Å². The molecule has 2 heterocycles. The first kappa shape index (κ1) is 12.7. The zero-order valence-electron chi connectivity index (χ0n) is 10.4. The van der Waals surface area contributed by atoms with Crippen molar-refractivity contribution < 1.29 is 4.74 Å². The third-order valence-electron chi connectivity index (χ3n) is 2.46. The fourth-order valence-corrected chi connectivity index (χ4v) is 1.57. The van der Waals surface area contributed by atoms with Crippen LogP contribution in [0.3, 0.4) is 0 Å². The van der Waals surface area contributed by atoms with Gasteiger partial charge in [-0.25, -0.2) is 15.0 Å². The van der Waals surface area contributed by atoms with Crippen LogP contribution >= 0.6 is 0 Å². The van der Waals surface area contributed by atoms with E-state index in [2.05, 4.69) is 20.3 Å². The predicted octanol–water partition coefficient (Wildman–Crippen LogP) is 0.457. The quantitative estimate of drug-likeness (QED) is 0.720. The van der Waals surface area contributed by atoms with E-state index < -0.39 is 0 Å². The number of methoxy groups -OCH3 is 1. The van der Waals surface area contributed by atoms with Crippen LogP contribution in [0.1, 0.15) is 11.4 Å². The Morgan fingerprint density at radius 2 is 2.28 bits per heavy atom. The first-order chi connectivity index (χ1) is 8.88. The van der Waals surface area contributed by atoms with Gasteiger partial charge in [-0.15, -0.1) is 0 Å². The van der Waals surface area contributed by atoms with E-state index in [0.717, 1.165) is 24.5 Å². The van der Waals surface area contributed by atoms with Gasteiger partial charge in [-0.05, 0) is 6.07 Å². The van der Waals surface area contributed by atoms with Gasteiger partial charge in [0, 0.05) is 32.6 Å². The Hall–Kier alpha value is -1.79. The molecule has 0 fully saturated rings. The number of nitrogens with one attached hydrogen (secondary N) is 1. The summed E-state index contributed by atoms with van der Waals surface area (Å²) in [5.41, 5.74) is 1.99. The minimum Gasteiger partial charge on any atom is -0.383 e. The van der Waals surface area contributed by atoms with E-state index in [-0.39, 0.29) is 0 Å². The topological polar surface area (TPSA) is 64.9 Å². The summed E-state index contributed by atoms with van der Waals surface area (Å²) in [5, 5.41) is 3.25. The van der Waals surface area contributed by atoms with Crippen LogP contribution in [0.15, 0.2) is 31.1 Å². The van der Waals surface area contributed by atoms with Gasteiger partial charge in [0.1, 0.15) is 6.33 Å². The highest BCUT2D eigenvalue weighted by Crippen LogP contribution is 2.00. The summed E-state index contributed by atoms with van der Waals surface area (Å²) in [6, 6.07) is 1.90. The van der Waals surface area contributed by atoms with Gasteiger partial charge in [0.2, 0.25) is 0 Å². The molecule has 6 nitrogen and oxygen atoms in total. The van der Waals surface area contributed by atoms with Crippen LogP contribution in [-0.4, -0.2) is 39.8 Å². The van der Waals surface area contributed by atoms with E-state index in [1.54, 1.807) is 19.6 Å². The molecule has 0 bridgehead atoms. The molecule has 0 radical (unpaired) electrons. The van der Waals surface area contributed by atoms with Gasteiger partial charge >= 0.3 is 0 Å². The van der Waals surface area contributed by atoms with Crippen LogP contribution in [0.2, 0.25) is 0 Å². The second kappa shape index (κ2) is 6.83. The molecule has 18 heavy (non-hydrogen) atoms. The average Bonchev–Trinajstić information content (AvgIpc) is 2.84. The van der Waals surface area contributed by atoms with Crippen LogP contribution in [0.25, 0.3) is 0 Å². The summed E-state index contributed by atoms with van der Waals surface area (Å²) in [5.74, 6) is 0. The first-order valence-corrected chi connectivity index (χ1v) is 5.83. The summed E-state index contributed by atoms with van der Waals surface area (Å²) in [6.07, 6.45) is 7.13. The molecule has 0 aliphatic carbocycles. The molecule has 6 heteroatoms. The van der Waals surface area contributed by atoms with Crippen molar-refractivity contribution in [2.75, 3.05) is 20.3 Å². The zero-order chi connectivity index (χ0) is 12.6. The maximum Gasteiger partial charge on any atom is 0.115 e. The molecule has 2 rings (SSSR count). The summed E-state index contributed by atoms with van der Waals surface area (Å²) in [4.78, 5) is 12.4. The van der Waals surface area contributed by atoms with Gasteiger partial charge in [0.15, 0.2) is 0 Å². The fourth-order valence-electron chi connectivity index (χ4n) is 1.57. The maximum absolute atomic E-state index is 4.96. The molecule has 2 aromatic heterocycles. The Bertz CT molecular complexity index is 457. The molecule has 96 valence electrons.